The zero-order valence-corrected chi connectivity index (χ0v) is 11.6. The molecule has 0 fully saturated rings. The molecule has 0 radical (unpaired) electrons. The summed E-state index contributed by atoms with van der Waals surface area (Å²) in [5.74, 6) is -0.205. The van der Waals surface area contributed by atoms with Crippen molar-refractivity contribution in [2.75, 3.05) is 25.5 Å². The highest BCUT2D eigenvalue weighted by molar-refractivity contribution is 6.32. The quantitative estimate of drug-likeness (QED) is 0.857. The minimum atomic E-state index is -0.205. The number of nitriles is 1. The van der Waals surface area contributed by atoms with Crippen LogP contribution >= 0.6 is 11.6 Å². The molecule has 5 nitrogen and oxygen atoms in total. The third kappa shape index (κ3) is 4.52. The third-order valence-corrected chi connectivity index (χ3v) is 3.10. The Morgan fingerprint density at radius 3 is 2.84 bits per heavy atom. The summed E-state index contributed by atoms with van der Waals surface area (Å²) in [6.45, 7) is 1.98. The predicted molar refractivity (Wildman–Crippen MR) is 74.0 cm³/mol. The zero-order chi connectivity index (χ0) is 14.4. The number of hydrogen-bond acceptors (Lipinski definition) is 4. The largest absolute Gasteiger partial charge is 0.395 e. The first-order valence-electron chi connectivity index (χ1n) is 5.78. The van der Waals surface area contributed by atoms with E-state index in [1.807, 2.05) is 13.0 Å². The van der Waals surface area contributed by atoms with E-state index < -0.39 is 0 Å². The Balaban J connectivity index is 2.63. The van der Waals surface area contributed by atoms with Gasteiger partial charge in [-0.05, 0) is 32.2 Å². The van der Waals surface area contributed by atoms with Gasteiger partial charge in [0.05, 0.1) is 23.7 Å². The summed E-state index contributed by atoms with van der Waals surface area (Å²) >= 11 is 5.87. The normalized spacial score (nSPS) is 12.0. The van der Waals surface area contributed by atoms with Crippen molar-refractivity contribution >= 4 is 23.2 Å². The first-order chi connectivity index (χ1) is 8.97. The second-order valence-electron chi connectivity index (χ2n) is 4.30. The highest BCUT2D eigenvalue weighted by Gasteiger charge is 2.12. The van der Waals surface area contributed by atoms with Crippen LogP contribution in [0.2, 0.25) is 5.02 Å². The van der Waals surface area contributed by atoms with E-state index in [1.165, 1.54) is 6.07 Å². The summed E-state index contributed by atoms with van der Waals surface area (Å²) in [6, 6.07) is 6.57. The topological polar surface area (TPSA) is 76.4 Å². The Morgan fingerprint density at radius 1 is 1.63 bits per heavy atom. The van der Waals surface area contributed by atoms with Crippen LogP contribution in [-0.2, 0) is 4.79 Å². The van der Waals surface area contributed by atoms with E-state index in [1.54, 1.807) is 24.1 Å². The van der Waals surface area contributed by atoms with Gasteiger partial charge in [0.25, 0.3) is 0 Å². The molecule has 0 saturated carbocycles. The van der Waals surface area contributed by atoms with Gasteiger partial charge >= 0.3 is 0 Å². The standard InChI is InChI=1S/C13H16ClN3O2/c1-9(8-18)17(2)7-13(19)16-11-4-3-10(6-15)12(14)5-11/h3-5,9,18H,7-8H2,1-2H3,(H,16,19). The molecule has 0 bridgehead atoms. The number of hydrogen-bond donors (Lipinski definition) is 2. The summed E-state index contributed by atoms with van der Waals surface area (Å²) < 4.78 is 0. The summed E-state index contributed by atoms with van der Waals surface area (Å²) in [4.78, 5) is 13.5. The molecule has 0 saturated heterocycles. The van der Waals surface area contributed by atoms with Gasteiger partial charge < -0.3 is 10.4 Å². The van der Waals surface area contributed by atoms with Crippen molar-refractivity contribution in [2.24, 2.45) is 0 Å². The second-order valence-corrected chi connectivity index (χ2v) is 4.71. The Labute approximate surface area is 117 Å². The summed E-state index contributed by atoms with van der Waals surface area (Å²) in [5.41, 5.74) is 0.907. The van der Waals surface area contributed by atoms with Gasteiger partial charge in [-0.3, -0.25) is 9.69 Å². The number of anilines is 1. The molecule has 0 aromatic heterocycles. The van der Waals surface area contributed by atoms with Gasteiger partial charge in [0.2, 0.25) is 5.91 Å². The van der Waals surface area contributed by atoms with Crippen LogP contribution in [0.15, 0.2) is 18.2 Å². The summed E-state index contributed by atoms with van der Waals surface area (Å²) in [7, 11) is 1.76. The highest BCUT2D eigenvalue weighted by Crippen LogP contribution is 2.20. The first-order valence-corrected chi connectivity index (χ1v) is 6.16. The third-order valence-electron chi connectivity index (χ3n) is 2.78. The smallest absolute Gasteiger partial charge is 0.238 e. The molecule has 1 unspecified atom stereocenters. The maximum atomic E-state index is 11.8. The lowest BCUT2D eigenvalue weighted by atomic mass is 10.2. The molecule has 2 N–H and O–H groups in total. The van der Waals surface area contributed by atoms with E-state index >= 15 is 0 Å². The van der Waals surface area contributed by atoms with Crippen molar-refractivity contribution in [1.29, 1.82) is 5.26 Å². The fraction of sp³-hybridized carbons (Fsp3) is 0.385. The van der Waals surface area contributed by atoms with E-state index in [0.29, 0.717) is 16.3 Å². The highest BCUT2D eigenvalue weighted by atomic mass is 35.5. The van der Waals surface area contributed by atoms with E-state index in [-0.39, 0.29) is 25.1 Å². The van der Waals surface area contributed by atoms with Crippen LogP contribution in [0.1, 0.15) is 12.5 Å². The van der Waals surface area contributed by atoms with Gasteiger partial charge in [0, 0.05) is 11.7 Å². The van der Waals surface area contributed by atoms with Crippen molar-refractivity contribution in [3.8, 4) is 6.07 Å². The van der Waals surface area contributed by atoms with Crippen molar-refractivity contribution in [2.45, 2.75) is 13.0 Å². The Morgan fingerprint density at radius 2 is 2.32 bits per heavy atom. The lowest BCUT2D eigenvalue weighted by Gasteiger charge is -2.21. The molecule has 1 aromatic rings. The predicted octanol–water partition coefficient (Wildman–Crippen LogP) is 1.46. The number of amides is 1. The minimum Gasteiger partial charge on any atom is -0.395 e. The molecule has 0 heterocycles. The van der Waals surface area contributed by atoms with E-state index in [9.17, 15) is 4.79 Å². The van der Waals surface area contributed by atoms with Crippen LogP contribution < -0.4 is 5.32 Å². The molecule has 1 aromatic carbocycles. The molecule has 0 spiro atoms. The number of nitrogens with one attached hydrogen (secondary N) is 1. The number of aliphatic hydroxyl groups is 1. The van der Waals surface area contributed by atoms with Gasteiger partial charge in [0.1, 0.15) is 6.07 Å². The van der Waals surface area contributed by atoms with Crippen LogP contribution in [0.25, 0.3) is 0 Å². The maximum absolute atomic E-state index is 11.8. The number of aliphatic hydroxyl groups excluding tert-OH is 1. The Hall–Kier alpha value is -1.61. The van der Waals surface area contributed by atoms with Crippen LogP contribution in [0.3, 0.4) is 0 Å². The average molecular weight is 282 g/mol. The molecule has 1 atom stereocenters. The molecule has 19 heavy (non-hydrogen) atoms. The number of nitrogens with zero attached hydrogens (tertiary/aromatic N) is 2. The lowest BCUT2D eigenvalue weighted by molar-refractivity contribution is -0.117. The second kappa shape index (κ2) is 7.10. The summed E-state index contributed by atoms with van der Waals surface area (Å²) in [6.07, 6.45) is 0. The van der Waals surface area contributed by atoms with Gasteiger partial charge in [-0.2, -0.15) is 5.26 Å². The SMILES string of the molecule is CC(CO)N(C)CC(=O)Nc1ccc(C#N)c(Cl)c1. The van der Waals surface area contributed by atoms with Gasteiger partial charge in [-0.1, -0.05) is 11.6 Å². The van der Waals surface area contributed by atoms with Crippen LogP contribution in [0.5, 0.6) is 0 Å². The number of carbonyl (C=O) groups is 1. The maximum Gasteiger partial charge on any atom is 0.238 e. The average Bonchev–Trinajstić information content (AvgIpc) is 2.37. The molecule has 0 aliphatic heterocycles. The summed E-state index contributed by atoms with van der Waals surface area (Å²) in [5, 5.41) is 20.7. The van der Waals surface area contributed by atoms with Crippen LogP contribution in [0, 0.1) is 11.3 Å². The van der Waals surface area contributed by atoms with Crippen molar-refractivity contribution in [3.05, 3.63) is 28.8 Å². The fourth-order valence-corrected chi connectivity index (χ4v) is 1.63. The number of halogens is 1. The number of benzene rings is 1. The van der Waals surface area contributed by atoms with Crippen LogP contribution in [-0.4, -0.2) is 42.2 Å². The fourth-order valence-electron chi connectivity index (χ4n) is 1.41. The van der Waals surface area contributed by atoms with E-state index in [2.05, 4.69) is 5.32 Å². The van der Waals surface area contributed by atoms with Crippen molar-refractivity contribution in [3.63, 3.8) is 0 Å². The van der Waals surface area contributed by atoms with Crippen molar-refractivity contribution in [1.82, 2.24) is 4.90 Å². The molecule has 0 aliphatic rings. The Kier molecular flexibility index (Phi) is 5.77. The van der Waals surface area contributed by atoms with E-state index in [0.717, 1.165) is 0 Å². The lowest BCUT2D eigenvalue weighted by Crippen LogP contribution is -2.38. The van der Waals surface area contributed by atoms with Crippen molar-refractivity contribution < 1.29 is 9.90 Å². The van der Waals surface area contributed by atoms with Crippen LogP contribution in [0.4, 0.5) is 5.69 Å². The van der Waals surface area contributed by atoms with Gasteiger partial charge in [0.15, 0.2) is 0 Å². The monoisotopic (exact) mass is 281 g/mol. The van der Waals surface area contributed by atoms with Gasteiger partial charge in [-0.15, -0.1) is 0 Å². The number of carbonyl (C=O) groups excluding carboxylic acids is 1. The number of rotatable bonds is 5. The molecule has 102 valence electrons. The van der Waals surface area contributed by atoms with E-state index in [4.69, 9.17) is 22.0 Å². The number of likely N-dealkylation sites (N-methyl/N-ethyl adjacent to an activating group) is 1. The molecule has 1 amide bonds. The van der Waals surface area contributed by atoms with Gasteiger partial charge in [-0.25, -0.2) is 0 Å². The molecular formula is C13H16ClN3O2. The molecule has 1 rings (SSSR count). The molecular weight excluding hydrogens is 266 g/mol. The zero-order valence-electron chi connectivity index (χ0n) is 10.9. The molecule has 6 heteroatoms. The minimum absolute atomic E-state index is 0.00747. The Bertz CT molecular complexity index is 499. The first kappa shape index (κ1) is 15.4. The molecule has 0 aliphatic carbocycles.